The molecule has 0 atom stereocenters. The third kappa shape index (κ3) is 2.60. The Bertz CT molecular complexity index is 510. The lowest BCUT2D eigenvalue weighted by molar-refractivity contribution is 0.416. The van der Waals surface area contributed by atoms with E-state index in [0.717, 1.165) is 29.3 Å². The van der Waals surface area contributed by atoms with Gasteiger partial charge in [-0.1, -0.05) is 11.6 Å². The first-order valence-corrected chi connectivity index (χ1v) is 5.70. The minimum atomic E-state index is 0.569. The fourth-order valence-corrected chi connectivity index (χ4v) is 1.83. The standard InChI is InChI=1S/C12H14ClN3O/c1-17-11-3-2-8(13)6-9(11)10-7-15-12(16-10)4-5-14/h2-3,6-7H,4-5,14H2,1H3,(H,15,16). The van der Waals surface area contributed by atoms with Crippen molar-refractivity contribution in [2.24, 2.45) is 5.73 Å². The van der Waals surface area contributed by atoms with Gasteiger partial charge in [0.1, 0.15) is 11.6 Å². The minimum absolute atomic E-state index is 0.569. The van der Waals surface area contributed by atoms with Gasteiger partial charge in [-0.3, -0.25) is 0 Å². The Kier molecular flexibility index (Phi) is 3.66. The number of rotatable bonds is 4. The first-order chi connectivity index (χ1) is 8.24. The number of hydrogen-bond acceptors (Lipinski definition) is 3. The number of ether oxygens (including phenoxy) is 1. The van der Waals surface area contributed by atoms with Crippen LogP contribution in [-0.2, 0) is 6.42 Å². The summed E-state index contributed by atoms with van der Waals surface area (Å²) in [6.07, 6.45) is 2.49. The van der Waals surface area contributed by atoms with Gasteiger partial charge < -0.3 is 15.5 Å². The van der Waals surface area contributed by atoms with Crippen molar-refractivity contribution in [3.63, 3.8) is 0 Å². The van der Waals surface area contributed by atoms with Gasteiger partial charge in [-0.2, -0.15) is 0 Å². The van der Waals surface area contributed by atoms with E-state index in [2.05, 4.69) is 9.97 Å². The van der Waals surface area contributed by atoms with Crippen molar-refractivity contribution >= 4 is 11.6 Å². The zero-order chi connectivity index (χ0) is 12.3. The van der Waals surface area contributed by atoms with Crippen molar-refractivity contribution in [2.45, 2.75) is 6.42 Å². The summed E-state index contributed by atoms with van der Waals surface area (Å²) < 4.78 is 5.29. The molecule has 2 aromatic rings. The van der Waals surface area contributed by atoms with Crippen LogP contribution in [0.25, 0.3) is 11.3 Å². The van der Waals surface area contributed by atoms with Gasteiger partial charge >= 0.3 is 0 Å². The molecule has 0 aliphatic carbocycles. The number of nitrogens with zero attached hydrogens (tertiary/aromatic N) is 1. The summed E-state index contributed by atoms with van der Waals surface area (Å²) in [5.74, 6) is 1.63. The van der Waals surface area contributed by atoms with E-state index in [1.165, 1.54) is 0 Å². The quantitative estimate of drug-likeness (QED) is 0.876. The molecule has 0 aliphatic heterocycles. The van der Waals surface area contributed by atoms with Crippen molar-refractivity contribution in [1.82, 2.24) is 9.97 Å². The Morgan fingerprint density at radius 3 is 3.00 bits per heavy atom. The summed E-state index contributed by atoms with van der Waals surface area (Å²) in [6, 6.07) is 5.47. The maximum absolute atomic E-state index is 5.98. The molecule has 17 heavy (non-hydrogen) atoms. The highest BCUT2D eigenvalue weighted by molar-refractivity contribution is 6.30. The zero-order valence-corrected chi connectivity index (χ0v) is 10.3. The number of H-pyrrole nitrogens is 1. The van der Waals surface area contributed by atoms with Gasteiger partial charge in [-0.15, -0.1) is 0 Å². The van der Waals surface area contributed by atoms with E-state index in [1.54, 1.807) is 19.4 Å². The predicted molar refractivity (Wildman–Crippen MR) is 68.3 cm³/mol. The zero-order valence-electron chi connectivity index (χ0n) is 9.53. The van der Waals surface area contributed by atoms with Crippen molar-refractivity contribution in [2.75, 3.05) is 13.7 Å². The van der Waals surface area contributed by atoms with E-state index in [4.69, 9.17) is 22.1 Å². The number of hydrogen-bond donors (Lipinski definition) is 2. The molecule has 1 aromatic carbocycles. The van der Waals surface area contributed by atoms with Crippen LogP contribution in [0.5, 0.6) is 5.75 Å². The largest absolute Gasteiger partial charge is 0.496 e. The number of methoxy groups -OCH3 is 1. The molecule has 0 fully saturated rings. The van der Waals surface area contributed by atoms with Crippen LogP contribution in [0.2, 0.25) is 5.02 Å². The van der Waals surface area contributed by atoms with Gasteiger partial charge in [0.15, 0.2) is 0 Å². The number of aromatic nitrogens is 2. The molecule has 3 N–H and O–H groups in total. The van der Waals surface area contributed by atoms with Crippen LogP contribution < -0.4 is 10.5 Å². The lowest BCUT2D eigenvalue weighted by Gasteiger charge is -2.06. The lowest BCUT2D eigenvalue weighted by Crippen LogP contribution is -2.03. The van der Waals surface area contributed by atoms with Crippen LogP contribution in [0.3, 0.4) is 0 Å². The Morgan fingerprint density at radius 1 is 1.47 bits per heavy atom. The Hall–Kier alpha value is -1.52. The molecule has 0 aliphatic rings. The summed E-state index contributed by atoms with van der Waals surface area (Å²) in [4.78, 5) is 7.46. The van der Waals surface area contributed by atoms with Crippen molar-refractivity contribution in [1.29, 1.82) is 0 Å². The van der Waals surface area contributed by atoms with Crippen molar-refractivity contribution in [3.05, 3.63) is 35.2 Å². The highest BCUT2D eigenvalue weighted by atomic mass is 35.5. The molecular weight excluding hydrogens is 238 g/mol. The molecule has 2 rings (SSSR count). The van der Waals surface area contributed by atoms with Gasteiger partial charge in [-0.05, 0) is 24.7 Å². The van der Waals surface area contributed by atoms with Gasteiger partial charge in [0.2, 0.25) is 0 Å². The second kappa shape index (κ2) is 5.21. The molecule has 0 bridgehead atoms. The third-order valence-electron chi connectivity index (χ3n) is 2.46. The van der Waals surface area contributed by atoms with Crippen LogP contribution in [-0.4, -0.2) is 23.6 Å². The van der Waals surface area contributed by atoms with Crippen LogP contribution in [0.4, 0.5) is 0 Å². The number of halogens is 1. The second-order valence-electron chi connectivity index (χ2n) is 3.63. The van der Waals surface area contributed by atoms with Gasteiger partial charge in [0.05, 0.1) is 19.0 Å². The van der Waals surface area contributed by atoms with E-state index in [9.17, 15) is 0 Å². The fraction of sp³-hybridized carbons (Fsp3) is 0.250. The Labute approximate surface area is 105 Å². The van der Waals surface area contributed by atoms with Gasteiger partial charge in [0.25, 0.3) is 0 Å². The predicted octanol–water partition coefficient (Wildman–Crippen LogP) is 2.24. The minimum Gasteiger partial charge on any atom is -0.496 e. The monoisotopic (exact) mass is 251 g/mol. The SMILES string of the molecule is COc1ccc(Cl)cc1-c1cnc(CCN)[nH]1. The van der Waals surface area contributed by atoms with E-state index in [0.29, 0.717) is 11.6 Å². The smallest absolute Gasteiger partial charge is 0.128 e. The number of nitrogens with two attached hydrogens (primary N) is 1. The summed E-state index contributed by atoms with van der Waals surface area (Å²) in [5.41, 5.74) is 7.26. The van der Waals surface area contributed by atoms with E-state index in [1.807, 2.05) is 12.1 Å². The van der Waals surface area contributed by atoms with Crippen LogP contribution in [0.15, 0.2) is 24.4 Å². The molecule has 90 valence electrons. The Balaban J connectivity index is 2.40. The molecule has 0 unspecified atom stereocenters. The second-order valence-corrected chi connectivity index (χ2v) is 4.06. The first-order valence-electron chi connectivity index (χ1n) is 5.32. The molecule has 0 radical (unpaired) electrons. The molecular formula is C12H14ClN3O. The number of nitrogens with one attached hydrogen (secondary N) is 1. The number of benzene rings is 1. The molecule has 0 saturated carbocycles. The average molecular weight is 252 g/mol. The molecule has 5 heteroatoms. The highest BCUT2D eigenvalue weighted by Crippen LogP contribution is 2.31. The summed E-state index contributed by atoms with van der Waals surface area (Å²) in [6.45, 7) is 0.569. The number of imidazole rings is 1. The van der Waals surface area contributed by atoms with E-state index >= 15 is 0 Å². The van der Waals surface area contributed by atoms with Crippen molar-refractivity contribution in [3.8, 4) is 17.0 Å². The van der Waals surface area contributed by atoms with Crippen LogP contribution in [0, 0.1) is 0 Å². The van der Waals surface area contributed by atoms with Gasteiger partial charge in [-0.25, -0.2) is 4.98 Å². The summed E-state index contributed by atoms with van der Waals surface area (Å²) in [7, 11) is 1.63. The molecule has 1 heterocycles. The molecule has 4 nitrogen and oxygen atoms in total. The molecule has 0 saturated heterocycles. The topological polar surface area (TPSA) is 63.9 Å². The molecule has 0 spiro atoms. The van der Waals surface area contributed by atoms with E-state index in [-0.39, 0.29) is 0 Å². The third-order valence-corrected chi connectivity index (χ3v) is 2.70. The first kappa shape index (κ1) is 12.0. The molecule has 1 aromatic heterocycles. The number of aromatic amines is 1. The summed E-state index contributed by atoms with van der Waals surface area (Å²) >= 11 is 5.98. The average Bonchev–Trinajstić information content (AvgIpc) is 2.78. The van der Waals surface area contributed by atoms with E-state index < -0.39 is 0 Å². The maximum atomic E-state index is 5.98. The van der Waals surface area contributed by atoms with Crippen LogP contribution in [0.1, 0.15) is 5.82 Å². The lowest BCUT2D eigenvalue weighted by atomic mass is 10.1. The Morgan fingerprint density at radius 2 is 2.29 bits per heavy atom. The fourth-order valence-electron chi connectivity index (χ4n) is 1.65. The normalized spacial score (nSPS) is 10.5. The maximum Gasteiger partial charge on any atom is 0.128 e. The van der Waals surface area contributed by atoms with Crippen LogP contribution >= 0.6 is 11.6 Å². The highest BCUT2D eigenvalue weighted by Gasteiger charge is 2.09. The van der Waals surface area contributed by atoms with Crippen molar-refractivity contribution < 1.29 is 4.74 Å². The van der Waals surface area contributed by atoms with Gasteiger partial charge in [0, 0.05) is 17.0 Å². The molecule has 0 amide bonds. The summed E-state index contributed by atoms with van der Waals surface area (Å²) in [5, 5.41) is 0.663.